The van der Waals surface area contributed by atoms with Gasteiger partial charge in [0.25, 0.3) is 0 Å². The maximum atomic E-state index is 11.8. The third-order valence-electron chi connectivity index (χ3n) is 2.81. The zero-order valence-corrected chi connectivity index (χ0v) is 11.8. The number of carbonyl (C=O) groups excluding carboxylic acids is 1. The highest BCUT2D eigenvalue weighted by molar-refractivity contribution is 5.88. The Bertz CT molecular complexity index is 423. The van der Waals surface area contributed by atoms with Crippen LogP contribution in [0.4, 0.5) is 5.95 Å². The summed E-state index contributed by atoms with van der Waals surface area (Å²) in [4.78, 5) is 20.0. The molecule has 1 aromatic heterocycles. The number of anilines is 1. The molecule has 6 heteroatoms. The van der Waals surface area contributed by atoms with Crippen LogP contribution in [0.1, 0.15) is 31.9 Å². The van der Waals surface area contributed by atoms with Crippen LogP contribution in [-0.4, -0.2) is 29.5 Å². The van der Waals surface area contributed by atoms with Crippen LogP contribution in [0.2, 0.25) is 0 Å². The van der Waals surface area contributed by atoms with Crippen LogP contribution in [0.25, 0.3) is 0 Å². The van der Waals surface area contributed by atoms with Crippen molar-refractivity contribution >= 4 is 11.9 Å². The Hall–Kier alpha value is -1.69. The first-order valence-corrected chi connectivity index (χ1v) is 6.44. The SMILES string of the molecule is COc1cc(C)nc(NC(=O)CCC(C)CCN)n1. The van der Waals surface area contributed by atoms with Crippen LogP contribution in [0.5, 0.6) is 5.88 Å². The molecule has 1 heterocycles. The minimum atomic E-state index is -0.0866. The van der Waals surface area contributed by atoms with Crippen molar-refractivity contribution in [3.8, 4) is 5.88 Å². The average molecular weight is 266 g/mol. The van der Waals surface area contributed by atoms with Gasteiger partial charge in [-0.1, -0.05) is 6.92 Å². The number of hydrogen-bond acceptors (Lipinski definition) is 5. The van der Waals surface area contributed by atoms with Crippen molar-refractivity contribution in [1.82, 2.24) is 9.97 Å². The molecule has 3 N–H and O–H groups in total. The summed E-state index contributed by atoms with van der Waals surface area (Å²) < 4.78 is 5.03. The van der Waals surface area contributed by atoms with Gasteiger partial charge in [-0.15, -0.1) is 0 Å². The molecule has 0 saturated heterocycles. The lowest BCUT2D eigenvalue weighted by atomic mass is 10.0. The van der Waals surface area contributed by atoms with Gasteiger partial charge in [0.05, 0.1) is 7.11 Å². The van der Waals surface area contributed by atoms with Gasteiger partial charge in [0.1, 0.15) is 0 Å². The molecule has 0 bridgehead atoms. The molecular weight excluding hydrogens is 244 g/mol. The smallest absolute Gasteiger partial charge is 0.232 e. The maximum Gasteiger partial charge on any atom is 0.232 e. The predicted molar refractivity (Wildman–Crippen MR) is 74.0 cm³/mol. The number of nitrogens with one attached hydrogen (secondary N) is 1. The van der Waals surface area contributed by atoms with Gasteiger partial charge in [-0.3, -0.25) is 10.1 Å². The lowest BCUT2D eigenvalue weighted by Gasteiger charge is -2.10. The number of nitrogens with two attached hydrogens (primary N) is 1. The summed E-state index contributed by atoms with van der Waals surface area (Å²) in [5.74, 6) is 1.09. The Morgan fingerprint density at radius 3 is 2.84 bits per heavy atom. The van der Waals surface area contributed by atoms with Crippen LogP contribution >= 0.6 is 0 Å². The maximum absolute atomic E-state index is 11.8. The molecule has 19 heavy (non-hydrogen) atoms. The van der Waals surface area contributed by atoms with Crippen LogP contribution in [0.15, 0.2) is 6.07 Å². The van der Waals surface area contributed by atoms with E-state index in [1.54, 1.807) is 6.07 Å². The van der Waals surface area contributed by atoms with E-state index in [4.69, 9.17) is 10.5 Å². The van der Waals surface area contributed by atoms with Gasteiger partial charge in [0.2, 0.25) is 17.7 Å². The van der Waals surface area contributed by atoms with Crippen LogP contribution in [0.3, 0.4) is 0 Å². The predicted octanol–water partition coefficient (Wildman–Crippen LogP) is 1.50. The molecule has 1 aromatic rings. The van der Waals surface area contributed by atoms with E-state index in [9.17, 15) is 4.79 Å². The molecule has 0 aromatic carbocycles. The molecule has 0 spiro atoms. The summed E-state index contributed by atoms with van der Waals surface area (Å²) in [5, 5.41) is 2.68. The fourth-order valence-electron chi connectivity index (χ4n) is 1.69. The number of aromatic nitrogens is 2. The second kappa shape index (κ2) is 7.68. The summed E-state index contributed by atoms with van der Waals surface area (Å²) >= 11 is 0. The van der Waals surface area contributed by atoms with Crippen LogP contribution in [0, 0.1) is 12.8 Å². The zero-order valence-electron chi connectivity index (χ0n) is 11.8. The van der Waals surface area contributed by atoms with Gasteiger partial charge in [0.15, 0.2) is 0 Å². The van der Waals surface area contributed by atoms with E-state index in [0.717, 1.165) is 18.5 Å². The first-order chi connectivity index (χ1) is 9.05. The molecule has 1 amide bonds. The molecule has 1 unspecified atom stereocenters. The van der Waals surface area contributed by atoms with E-state index < -0.39 is 0 Å². The number of hydrogen-bond donors (Lipinski definition) is 2. The van der Waals surface area contributed by atoms with E-state index in [-0.39, 0.29) is 11.9 Å². The van der Waals surface area contributed by atoms with Crippen molar-refractivity contribution in [2.24, 2.45) is 11.7 Å². The molecule has 1 rings (SSSR count). The fourth-order valence-corrected chi connectivity index (χ4v) is 1.69. The summed E-state index contributed by atoms with van der Waals surface area (Å²) in [5.41, 5.74) is 6.22. The number of nitrogens with zero attached hydrogens (tertiary/aromatic N) is 2. The lowest BCUT2D eigenvalue weighted by molar-refractivity contribution is -0.116. The third-order valence-corrected chi connectivity index (χ3v) is 2.81. The van der Waals surface area contributed by atoms with Crippen molar-refractivity contribution in [2.45, 2.75) is 33.1 Å². The average Bonchev–Trinajstić information content (AvgIpc) is 2.36. The normalized spacial score (nSPS) is 12.0. The van der Waals surface area contributed by atoms with Gasteiger partial charge in [-0.05, 0) is 32.2 Å². The minimum Gasteiger partial charge on any atom is -0.481 e. The Kier molecular flexibility index (Phi) is 6.21. The number of ether oxygens (including phenoxy) is 1. The van der Waals surface area contributed by atoms with Crippen LogP contribution in [-0.2, 0) is 4.79 Å². The van der Waals surface area contributed by atoms with Crippen molar-refractivity contribution in [1.29, 1.82) is 0 Å². The van der Waals surface area contributed by atoms with E-state index in [2.05, 4.69) is 22.2 Å². The van der Waals surface area contributed by atoms with Crippen molar-refractivity contribution in [3.63, 3.8) is 0 Å². The summed E-state index contributed by atoms with van der Waals surface area (Å²) in [7, 11) is 1.53. The van der Waals surface area contributed by atoms with Gasteiger partial charge < -0.3 is 10.5 Å². The molecule has 0 aliphatic heterocycles. The van der Waals surface area contributed by atoms with E-state index in [1.807, 2.05) is 6.92 Å². The first kappa shape index (κ1) is 15.4. The number of rotatable bonds is 7. The standard InChI is InChI=1S/C13H22N4O2/c1-9(6-7-14)4-5-11(18)16-13-15-10(2)8-12(17-13)19-3/h8-9H,4-7,14H2,1-3H3,(H,15,16,17,18). The Labute approximate surface area is 113 Å². The van der Waals surface area contributed by atoms with E-state index in [1.165, 1.54) is 7.11 Å². The van der Waals surface area contributed by atoms with Crippen molar-refractivity contribution in [2.75, 3.05) is 19.0 Å². The van der Waals surface area contributed by atoms with Gasteiger partial charge in [0, 0.05) is 18.2 Å². The first-order valence-electron chi connectivity index (χ1n) is 6.44. The zero-order chi connectivity index (χ0) is 14.3. The van der Waals surface area contributed by atoms with Crippen LogP contribution < -0.4 is 15.8 Å². The third kappa shape index (κ3) is 5.65. The van der Waals surface area contributed by atoms with Crippen molar-refractivity contribution in [3.05, 3.63) is 11.8 Å². The molecular formula is C13H22N4O2. The molecule has 0 fully saturated rings. The lowest BCUT2D eigenvalue weighted by Crippen LogP contribution is -2.16. The highest BCUT2D eigenvalue weighted by Gasteiger charge is 2.09. The van der Waals surface area contributed by atoms with Gasteiger partial charge in [-0.25, -0.2) is 4.98 Å². The number of methoxy groups -OCH3 is 1. The minimum absolute atomic E-state index is 0.0866. The quantitative estimate of drug-likeness (QED) is 0.780. The fraction of sp³-hybridized carbons (Fsp3) is 0.615. The second-order valence-electron chi connectivity index (χ2n) is 4.64. The highest BCUT2D eigenvalue weighted by Crippen LogP contribution is 2.13. The van der Waals surface area contributed by atoms with Crippen molar-refractivity contribution < 1.29 is 9.53 Å². The molecule has 0 saturated carbocycles. The molecule has 6 nitrogen and oxygen atoms in total. The number of aryl methyl sites for hydroxylation is 1. The largest absolute Gasteiger partial charge is 0.481 e. The Morgan fingerprint density at radius 1 is 1.47 bits per heavy atom. The van der Waals surface area contributed by atoms with Gasteiger partial charge >= 0.3 is 0 Å². The number of amides is 1. The summed E-state index contributed by atoms with van der Waals surface area (Å²) in [6.07, 6.45) is 2.19. The van der Waals surface area contributed by atoms with E-state index >= 15 is 0 Å². The summed E-state index contributed by atoms with van der Waals surface area (Å²) in [6, 6.07) is 1.71. The molecule has 0 aliphatic carbocycles. The Balaban J connectivity index is 2.50. The summed E-state index contributed by atoms with van der Waals surface area (Å²) in [6.45, 7) is 4.57. The highest BCUT2D eigenvalue weighted by atomic mass is 16.5. The van der Waals surface area contributed by atoms with Gasteiger partial charge in [-0.2, -0.15) is 4.98 Å². The molecule has 0 aliphatic rings. The molecule has 1 atom stereocenters. The van der Waals surface area contributed by atoms with E-state index in [0.29, 0.717) is 24.8 Å². The second-order valence-corrected chi connectivity index (χ2v) is 4.64. The molecule has 106 valence electrons. The monoisotopic (exact) mass is 266 g/mol. The number of carbonyl (C=O) groups is 1. The molecule has 0 radical (unpaired) electrons. The topological polar surface area (TPSA) is 90.1 Å². The Morgan fingerprint density at radius 2 is 2.21 bits per heavy atom.